The van der Waals surface area contributed by atoms with Gasteiger partial charge < -0.3 is 24.6 Å². The summed E-state index contributed by atoms with van der Waals surface area (Å²) in [5.41, 5.74) is 0.132. The molecule has 0 aromatic heterocycles. The lowest BCUT2D eigenvalue weighted by atomic mass is 9.64. The van der Waals surface area contributed by atoms with E-state index in [0.29, 0.717) is 31.9 Å². The van der Waals surface area contributed by atoms with E-state index in [1.165, 1.54) is 0 Å². The van der Waals surface area contributed by atoms with E-state index in [0.717, 1.165) is 25.9 Å². The Morgan fingerprint density at radius 1 is 1.45 bits per heavy atom. The summed E-state index contributed by atoms with van der Waals surface area (Å²) in [6.45, 7) is 6.77. The van der Waals surface area contributed by atoms with Gasteiger partial charge in [-0.1, -0.05) is 13.8 Å². The molecule has 1 aliphatic carbocycles. The number of hydrogen-bond acceptors (Lipinski definition) is 5. The highest BCUT2D eigenvalue weighted by Gasteiger charge is 2.48. The van der Waals surface area contributed by atoms with Gasteiger partial charge in [0.1, 0.15) is 0 Å². The van der Waals surface area contributed by atoms with Crippen LogP contribution >= 0.6 is 0 Å². The third-order valence-corrected chi connectivity index (χ3v) is 4.70. The lowest BCUT2D eigenvalue weighted by Crippen LogP contribution is -2.61. The van der Waals surface area contributed by atoms with E-state index in [-0.39, 0.29) is 11.5 Å². The Kier molecular flexibility index (Phi) is 5.81. The molecular weight excluding hydrogens is 258 g/mol. The molecule has 0 aromatic carbocycles. The standard InChI is InChI=1S/C15H29NO4/c1-15(2)13(7-14(15)18-3)16-8-11(17)9-19-10-12-5-4-6-20-12/h11-14,16-17H,4-10H2,1-3H3. The summed E-state index contributed by atoms with van der Waals surface area (Å²) in [5, 5.41) is 13.3. The molecule has 0 bridgehead atoms. The average molecular weight is 287 g/mol. The van der Waals surface area contributed by atoms with Crippen LogP contribution in [0.15, 0.2) is 0 Å². The molecule has 5 heteroatoms. The van der Waals surface area contributed by atoms with Crippen molar-refractivity contribution in [1.29, 1.82) is 0 Å². The molecule has 1 heterocycles. The molecule has 5 nitrogen and oxygen atoms in total. The first kappa shape index (κ1) is 16.2. The Hall–Kier alpha value is -0.200. The molecule has 2 aliphatic rings. The fourth-order valence-electron chi connectivity index (χ4n) is 3.08. The number of methoxy groups -OCH3 is 1. The fraction of sp³-hybridized carbons (Fsp3) is 1.00. The predicted octanol–water partition coefficient (Wildman–Crippen LogP) is 0.946. The molecule has 1 saturated carbocycles. The third kappa shape index (κ3) is 3.92. The molecule has 0 spiro atoms. The van der Waals surface area contributed by atoms with E-state index in [1.807, 2.05) is 0 Å². The van der Waals surface area contributed by atoms with Gasteiger partial charge in [0.2, 0.25) is 0 Å². The van der Waals surface area contributed by atoms with Crippen molar-refractivity contribution in [2.45, 2.75) is 57.5 Å². The summed E-state index contributed by atoms with van der Waals surface area (Å²) in [4.78, 5) is 0. The van der Waals surface area contributed by atoms with Gasteiger partial charge in [0.25, 0.3) is 0 Å². The normalized spacial score (nSPS) is 33.9. The predicted molar refractivity (Wildman–Crippen MR) is 76.8 cm³/mol. The molecule has 4 unspecified atom stereocenters. The van der Waals surface area contributed by atoms with Crippen LogP contribution in [0.1, 0.15) is 33.1 Å². The fourth-order valence-corrected chi connectivity index (χ4v) is 3.08. The topological polar surface area (TPSA) is 60.0 Å². The van der Waals surface area contributed by atoms with Crippen LogP contribution in [0.5, 0.6) is 0 Å². The molecule has 0 amide bonds. The lowest BCUT2D eigenvalue weighted by Gasteiger charge is -2.51. The van der Waals surface area contributed by atoms with E-state index < -0.39 is 6.10 Å². The number of rotatable bonds is 8. The van der Waals surface area contributed by atoms with Gasteiger partial charge in [0.15, 0.2) is 0 Å². The highest BCUT2D eigenvalue weighted by Crippen LogP contribution is 2.42. The first-order chi connectivity index (χ1) is 9.54. The maximum atomic E-state index is 9.93. The van der Waals surface area contributed by atoms with Gasteiger partial charge >= 0.3 is 0 Å². The zero-order valence-corrected chi connectivity index (χ0v) is 12.9. The van der Waals surface area contributed by atoms with E-state index in [1.54, 1.807) is 7.11 Å². The van der Waals surface area contributed by atoms with E-state index in [9.17, 15) is 5.11 Å². The Balaban J connectivity index is 1.55. The van der Waals surface area contributed by atoms with Crippen LogP contribution in [0.25, 0.3) is 0 Å². The first-order valence-electron chi connectivity index (χ1n) is 7.67. The Bertz CT molecular complexity index is 292. The highest BCUT2D eigenvalue weighted by atomic mass is 16.5. The molecule has 0 aromatic rings. The van der Waals surface area contributed by atoms with Gasteiger partial charge in [0.05, 0.1) is 31.5 Å². The van der Waals surface area contributed by atoms with Crippen LogP contribution in [0.2, 0.25) is 0 Å². The van der Waals surface area contributed by atoms with Crippen molar-refractivity contribution in [3.8, 4) is 0 Å². The van der Waals surface area contributed by atoms with Gasteiger partial charge in [-0.25, -0.2) is 0 Å². The smallest absolute Gasteiger partial charge is 0.0897 e. The molecule has 20 heavy (non-hydrogen) atoms. The highest BCUT2D eigenvalue weighted by molar-refractivity contribution is 5.02. The van der Waals surface area contributed by atoms with Crippen LogP contribution in [0.4, 0.5) is 0 Å². The third-order valence-electron chi connectivity index (χ3n) is 4.70. The molecular formula is C15H29NO4. The first-order valence-corrected chi connectivity index (χ1v) is 7.67. The summed E-state index contributed by atoms with van der Waals surface area (Å²) in [6.07, 6.45) is 3.27. The van der Waals surface area contributed by atoms with Crippen LogP contribution < -0.4 is 5.32 Å². The second-order valence-electron chi connectivity index (χ2n) is 6.57. The van der Waals surface area contributed by atoms with Crippen molar-refractivity contribution in [3.05, 3.63) is 0 Å². The van der Waals surface area contributed by atoms with Crippen LogP contribution in [0, 0.1) is 5.41 Å². The molecule has 1 saturated heterocycles. The molecule has 118 valence electrons. The Labute approximate surface area is 122 Å². The van der Waals surface area contributed by atoms with Crippen molar-refractivity contribution in [2.24, 2.45) is 5.41 Å². The second kappa shape index (κ2) is 7.18. The number of ether oxygens (including phenoxy) is 3. The largest absolute Gasteiger partial charge is 0.389 e. The number of hydrogen-bond donors (Lipinski definition) is 2. The van der Waals surface area contributed by atoms with Crippen molar-refractivity contribution >= 4 is 0 Å². The summed E-state index contributed by atoms with van der Waals surface area (Å²) in [7, 11) is 1.76. The van der Waals surface area contributed by atoms with Crippen LogP contribution in [-0.4, -0.2) is 62.9 Å². The summed E-state index contributed by atoms with van der Waals surface area (Å²) in [5.74, 6) is 0. The molecule has 2 fully saturated rings. The molecule has 1 aliphatic heterocycles. The maximum absolute atomic E-state index is 9.93. The SMILES string of the molecule is COC1CC(NCC(O)COCC2CCCO2)C1(C)C. The second-order valence-corrected chi connectivity index (χ2v) is 6.57. The van der Waals surface area contributed by atoms with Crippen molar-refractivity contribution < 1.29 is 19.3 Å². The zero-order chi connectivity index (χ0) is 14.6. The number of aliphatic hydroxyl groups is 1. The van der Waals surface area contributed by atoms with Crippen molar-refractivity contribution in [1.82, 2.24) is 5.32 Å². The van der Waals surface area contributed by atoms with Gasteiger partial charge in [-0.3, -0.25) is 0 Å². The Morgan fingerprint density at radius 2 is 2.25 bits per heavy atom. The molecule has 4 atom stereocenters. The van der Waals surface area contributed by atoms with Gasteiger partial charge in [-0.15, -0.1) is 0 Å². The summed E-state index contributed by atoms with van der Waals surface area (Å²) in [6, 6.07) is 0.403. The van der Waals surface area contributed by atoms with Gasteiger partial charge in [-0.05, 0) is 19.3 Å². The summed E-state index contributed by atoms with van der Waals surface area (Å²) >= 11 is 0. The Morgan fingerprint density at radius 3 is 2.85 bits per heavy atom. The zero-order valence-electron chi connectivity index (χ0n) is 12.9. The van der Waals surface area contributed by atoms with E-state index >= 15 is 0 Å². The number of nitrogens with one attached hydrogen (secondary N) is 1. The van der Waals surface area contributed by atoms with Gasteiger partial charge in [0, 0.05) is 31.7 Å². The van der Waals surface area contributed by atoms with E-state index in [2.05, 4.69) is 19.2 Å². The van der Waals surface area contributed by atoms with Crippen molar-refractivity contribution in [3.63, 3.8) is 0 Å². The van der Waals surface area contributed by atoms with Crippen LogP contribution in [0.3, 0.4) is 0 Å². The van der Waals surface area contributed by atoms with E-state index in [4.69, 9.17) is 14.2 Å². The molecule has 2 rings (SSSR count). The minimum atomic E-state index is -0.464. The lowest BCUT2D eigenvalue weighted by molar-refractivity contribution is -0.101. The molecule has 2 N–H and O–H groups in total. The number of aliphatic hydroxyl groups excluding tert-OH is 1. The minimum absolute atomic E-state index is 0.132. The van der Waals surface area contributed by atoms with Crippen molar-refractivity contribution in [2.75, 3.05) is 33.5 Å². The average Bonchev–Trinajstić information content (AvgIpc) is 2.91. The molecule has 0 radical (unpaired) electrons. The maximum Gasteiger partial charge on any atom is 0.0897 e. The monoisotopic (exact) mass is 287 g/mol. The summed E-state index contributed by atoms with van der Waals surface area (Å²) < 4.78 is 16.4. The minimum Gasteiger partial charge on any atom is -0.389 e. The van der Waals surface area contributed by atoms with Gasteiger partial charge in [-0.2, -0.15) is 0 Å². The quantitative estimate of drug-likeness (QED) is 0.696. The van der Waals surface area contributed by atoms with Crippen LogP contribution in [-0.2, 0) is 14.2 Å².